The molecule has 18 heavy (non-hydrogen) atoms. The highest BCUT2D eigenvalue weighted by molar-refractivity contribution is 6.31. The number of aryl methyl sites for hydroxylation is 1. The zero-order valence-electron chi connectivity index (χ0n) is 10.1. The predicted molar refractivity (Wildman–Crippen MR) is 66.8 cm³/mol. The quantitative estimate of drug-likeness (QED) is 0.912. The maximum Gasteiger partial charge on any atom is 0.326 e. The van der Waals surface area contributed by atoms with E-state index in [-0.39, 0.29) is 5.91 Å². The van der Waals surface area contributed by atoms with Gasteiger partial charge in [0.25, 0.3) is 5.91 Å². The molecule has 1 aromatic rings. The average molecular weight is 271 g/mol. The molecule has 2 heterocycles. The summed E-state index contributed by atoms with van der Waals surface area (Å²) in [5, 5.41) is 9.58. The Kier molecular flexibility index (Phi) is 3.61. The molecule has 1 amide bonds. The number of aromatic nitrogens is 1. The van der Waals surface area contributed by atoms with Crippen LogP contribution in [0.25, 0.3) is 0 Å². The summed E-state index contributed by atoms with van der Waals surface area (Å²) in [5.41, 5.74) is 0.454. The second kappa shape index (κ2) is 5.02. The molecule has 0 spiro atoms. The second-order valence-corrected chi connectivity index (χ2v) is 4.76. The Morgan fingerprint density at radius 1 is 1.56 bits per heavy atom. The highest BCUT2D eigenvalue weighted by atomic mass is 35.5. The summed E-state index contributed by atoms with van der Waals surface area (Å²) < 4.78 is 1.74. The van der Waals surface area contributed by atoms with E-state index in [0.717, 1.165) is 6.42 Å². The largest absolute Gasteiger partial charge is 0.480 e. The van der Waals surface area contributed by atoms with E-state index in [1.165, 1.54) is 4.90 Å². The zero-order chi connectivity index (χ0) is 13.3. The van der Waals surface area contributed by atoms with Crippen LogP contribution in [0.15, 0.2) is 12.3 Å². The number of halogens is 1. The number of amides is 1. The number of carbonyl (C=O) groups is 2. The third-order valence-corrected chi connectivity index (χ3v) is 3.43. The van der Waals surface area contributed by atoms with Crippen LogP contribution in [-0.2, 0) is 11.3 Å². The first-order valence-electron chi connectivity index (χ1n) is 5.94. The van der Waals surface area contributed by atoms with Crippen LogP contribution in [0.4, 0.5) is 0 Å². The van der Waals surface area contributed by atoms with Crippen LogP contribution in [0.1, 0.15) is 30.3 Å². The molecule has 0 aliphatic carbocycles. The van der Waals surface area contributed by atoms with Crippen molar-refractivity contribution in [2.75, 3.05) is 6.54 Å². The number of hydrogen-bond acceptors (Lipinski definition) is 2. The van der Waals surface area contributed by atoms with Crippen molar-refractivity contribution in [3.05, 3.63) is 23.0 Å². The Bertz CT molecular complexity index is 484. The van der Waals surface area contributed by atoms with E-state index in [2.05, 4.69) is 0 Å². The van der Waals surface area contributed by atoms with Crippen LogP contribution in [0.2, 0.25) is 5.02 Å². The van der Waals surface area contributed by atoms with Gasteiger partial charge in [-0.15, -0.1) is 0 Å². The molecule has 98 valence electrons. The van der Waals surface area contributed by atoms with E-state index < -0.39 is 12.0 Å². The SMILES string of the molecule is CCn1cc(Cl)cc1C(=O)N1CCC[C@@H]1C(=O)O. The summed E-state index contributed by atoms with van der Waals surface area (Å²) in [5.74, 6) is -1.20. The molecular formula is C12H15ClN2O3. The maximum atomic E-state index is 12.3. The van der Waals surface area contributed by atoms with Gasteiger partial charge in [-0.25, -0.2) is 4.79 Å². The van der Waals surface area contributed by atoms with Crippen molar-refractivity contribution in [1.82, 2.24) is 9.47 Å². The lowest BCUT2D eigenvalue weighted by Gasteiger charge is -2.21. The van der Waals surface area contributed by atoms with Crippen molar-refractivity contribution >= 4 is 23.5 Å². The molecule has 1 fully saturated rings. The number of likely N-dealkylation sites (tertiary alicyclic amines) is 1. The molecule has 0 bridgehead atoms. The highest BCUT2D eigenvalue weighted by Gasteiger charge is 2.35. The van der Waals surface area contributed by atoms with Crippen LogP contribution in [0.3, 0.4) is 0 Å². The van der Waals surface area contributed by atoms with E-state index >= 15 is 0 Å². The van der Waals surface area contributed by atoms with E-state index in [0.29, 0.717) is 30.2 Å². The molecule has 0 saturated carbocycles. The van der Waals surface area contributed by atoms with Gasteiger partial charge in [0.1, 0.15) is 11.7 Å². The summed E-state index contributed by atoms with van der Waals surface area (Å²) in [6, 6.07) is 0.876. The van der Waals surface area contributed by atoms with Crippen LogP contribution < -0.4 is 0 Å². The van der Waals surface area contributed by atoms with Gasteiger partial charge >= 0.3 is 5.97 Å². The number of nitrogens with zero attached hydrogens (tertiary/aromatic N) is 2. The summed E-state index contributed by atoms with van der Waals surface area (Å²) >= 11 is 5.89. The van der Waals surface area contributed by atoms with Gasteiger partial charge in [0.05, 0.1) is 5.02 Å². The Hall–Kier alpha value is -1.49. The average Bonchev–Trinajstić information content (AvgIpc) is 2.93. The Morgan fingerprint density at radius 3 is 2.89 bits per heavy atom. The molecule has 2 rings (SSSR count). The van der Waals surface area contributed by atoms with Crippen molar-refractivity contribution in [1.29, 1.82) is 0 Å². The molecule has 1 atom stereocenters. The minimum Gasteiger partial charge on any atom is -0.480 e. The minimum atomic E-state index is -0.943. The van der Waals surface area contributed by atoms with E-state index in [1.807, 2.05) is 6.92 Å². The maximum absolute atomic E-state index is 12.3. The molecule has 1 aliphatic heterocycles. The molecule has 6 heteroatoms. The van der Waals surface area contributed by atoms with Crippen LogP contribution >= 0.6 is 11.6 Å². The van der Waals surface area contributed by atoms with Crippen molar-refractivity contribution in [2.24, 2.45) is 0 Å². The molecule has 1 aliphatic rings. The number of rotatable bonds is 3. The third-order valence-electron chi connectivity index (χ3n) is 3.22. The number of aliphatic carboxylic acids is 1. The lowest BCUT2D eigenvalue weighted by atomic mass is 10.2. The Labute approximate surface area is 110 Å². The Morgan fingerprint density at radius 2 is 2.28 bits per heavy atom. The van der Waals surface area contributed by atoms with Crippen LogP contribution in [-0.4, -0.2) is 39.0 Å². The monoisotopic (exact) mass is 270 g/mol. The first-order chi connectivity index (χ1) is 8.54. The minimum absolute atomic E-state index is 0.256. The number of carboxylic acid groups (broad SMARTS) is 1. The number of carboxylic acids is 1. The lowest BCUT2D eigenvalue weighted by Crippen LogP contribution is -2.41. The van der Waals surface area contributed by atoms with Crippen molar-refractivity contribution < 1.29 is 14.7 Å². The van der Waals surface area contributed by atoms with Crippen LogP contribution in [0, 0.1) is 0 Å². The first kappa shape index (κ1) is 13.0. The summed E-state index contributed by atoms with van der Waals surface area (Å²) in [4.78, 5) is 24.8. The van der Waals surface area contributed by atoms with E-state index in [9.17, 15) is 9.59 Å². The van der Waals surface area contributed by atoms with Crippen molar-refractivity contribution in [3.8, 4) is 0 Å². The van der Waals surface area contributed by atoms with Gasteiger partial charge in [-0.1, -0.05) is 11.6 Å². The fourth-order valence-electron chi connectivity index (χ4n) is 2.33. The van der Waals surface area contributed by atoms with Gasteiger partial charge in [-0.2, -0.15) is 0 Å². The van der Waals surface area contributed by atoms with E-state index in [1.54, 1.807) is 16.8 Å². The fourth-order valence-corrected chi connectivity index (χ4v) is 2.55. The fraction of sp³-hybridized carbons (Fsp3) is 0.500. The molecule has 5 nitrogen and oxygen atoms in total. The molecular weight excluding hydrogens is 256 g/mol. The molecule has 1 aromatic heterocycles. The summed E-state index contributed by atoms with van der Waals surface area (Å²) in [6.07, 6.45) is 2.92. The molecule has 1 N–H and O–H groups in total. The molecule has 0 aromatic carbocycles. The van der Waals surface area contributed by atoms with Gasteiger partial charge in [0.2, 0.25) is 0 Å². The topological polar surface area (TPSA) is 62.5 Å². The zero-order valence-corrected chi connectivity index (χ0v) is 10.9. The molecule has 0 radical (unpaired) electrons. The van der Waals surface area contributed by atoms with Gasteiger partial charge in [0.15, 0.2) is 0 Å². The normalized spacial score (nSPS) is 19.2. The number of hydrogen-bond donors (Lipinski definition) is 1. The van der Waals surface area contributed by atoms with Gasteiger partial charge in [-0.05, 0) is 25.8 Å². The standard InChI is InChI=1S/C12H15ClN2O3/c1-2-14-7-8(13)6-10(14)11(16)15-5-3-4-9(15)12(17)18/h6-7,9H,2-5H2,1H3,(H,17,18)/t9-/m1/s1. The van der Waals surface area contributed by atoms with Crippen molar-refractivity contribution in [3.63, 3.8) is 0 Å². The van der Waals surface area contributed by atoms with Gasteiger partial charge in [-0.3, -0.25) is 4.79 Å². The van der Waals surface area contributed by atoms with E-state index in [4.69, 9.17) is 16.7 Å². The molecule has 0 unspecified atom stereocenters. The summed E-state index contributed by atoms with van der Waals surface area (Å²) in [6.45, 7) is 3.02. The second-order valence-electron chi connectivity index (χ2n) is 4.32. The van der Waals surface area contributed by atoms with Gasteiger partial charge in [0, 0.05) is 19.3 Å². The summed E-state index contributed by atoms with van der Waals surface area (Å²) in [7, 11) is 0. The predicted octanol–water partition coefficient (Wildman–Crippen LogP) is 1.85. The lowest BCUT2D eigenvalue weighted by molar-refractivity contribution is -0.141. The smallest absolute Gasteiger partial charge is 0.326 e. The highest BCUT2D eigenvalue weighted by Crippen LogP contribution is 2.22. The van der Waals surface area contributed by atoms with Crippen molar-refractivity contribution in [2.45, 2.75) is 32.4 Å². The molecule has 1 saturated heterocycles. The van der Waals surface area contributed by atoms with Crippen LogP contribution in [0.5, 0.6) is 0 Å². The first-order valence-corrected chi connectivity index (χ1v) is 6.31. The van der Waals surface area contributed by atoms with Gasteiger partial charge < -0.3 is 14.6 Å². The Balaban J connectivity index is 2.27. The number of carbonyl (C=O) groups excluding carboxylic acids is 1. The third kappa shape index (κ3) is 2.22.